The molecule has 1 aromatic carbocycles. The van der Waals surface area contributed by atoms with Crippen LogP contribution in [0, 0.1) is 13.8 Å². The van der Waals surface area contributed by atoms with E-state index in [1.165, 1.54) is 15.6 Å². The molecule has 2 aromatic rings. The van der Waals surface area contributed by atoms with Crippen LogP contribution in [0.3, 0.4) is 0 Å². The Labute approximate surface area is 164 Å². The summed E-state index contributed by atoms with van der Waals surface area (Å²) < 4.78 is 1.19. The highest BCUT2D eigenvalue weighted by molar-refractivity contribution is 9.10. The van der Waals surface area contributed by atoms with Crippen LogP contribution in [0.4, 0.5) is 0 Å². The van der Waals surface area contributed by atoms with Gasteiger partial charge in [0.05, 0.1) is 4.99 Å². The van der Waals surface area contributed by atoms with Crippen molar-refractivity contribution in [3.05, 3.63) is 63.4 Å². The molecular weight excluding hydrogens is 394 g/mol. The highest BCUT2D eigenvalue weighted by atomic mass is 79.9. The molecule has 132 valence electrons. The number of halogens is 1. The Kier molecular flexibility index (Phi) is 6.20. The summed E-state index contributed by atoms with van der Waals surface area (Å²) in [6.07, 6.45) is 0.766. The third-order valence-electron chi connectivity index (χ3n) is 4.56. The van der Waals surface area contributed by atoms with Gasteiger partial charge in [0.15, 0.2) is 0 Å². The largest absolute Gasteiger partial charge is 0.363 e. The van der Waals surface area contributed by atoms with Gasteiger partial charge >= 0.3 is 0 Å². The molecule has 1 aliphatic rings. The van der Waals surface area contributed by atoms with Crippen LogP contribution in [-0.4, -0.2) is 46.0 Å². The van der Waals surface area contributed by atoms with E-state index < -0.39 is 0 Å². The lowest BCUT2D eigenvalue weighted by atomic mass is 10.1. The molecule has 0 spiro atoms. The second kappa shape index (κ2) is 8.39. The van der Waals surface area contributed by atoms with E-state index in [0.717, 1.165) is 55.5 Å². The first-order chi connectivity index (χ1) is 12.0. The minimum absolute atomic E-state index is 0.766. The molecule has 0 saturated carbocycles. The van der Waals surface area contributed by atoms with E-state index >= 15 is 0 Å². The normalized spacial score (nSPS) is 15.4. The number of aromatic nitrogens is 1. The van der Waals surface area contributed by atoms with Crippen LogP contribution in [0.25, 0.3) is 0 Å². The fourth-order valence-corrected chi connectivity index (χ4v) is 4.05. The van der Waals surface area contributed by atoms with Gasteiger partial charge in [0.1, 0.15) is 0 Å². The molecule has 5 heteroatoms. The average Bonchev–Trinajstić information content (AvgIpc) is 2.56. The Morgan fingerprint density at radius 2 is 1.84 bits per heavy atom. The fraction of sp³-hybridized carbons (Fsp3) is 0.400. The minimum atomic E-state index is 0.766. The molecule has 1 aromatic heterocycles. The van der Waals surface area contributed by atoms with Gasteiger partial charge in [-0.05, 0) is 43.2 Å². The van der Waals surface area contributed by atoms with Gasteiger partial charge in [-0.1, -0.05) is 46.3 Å². The van der Waals surface area contributed by atoms with Gasteiger partial charge in [0.25, 0.3) is 0 Å². The Bertz CT molecular complexity index is 734. The van der Waals surface area contributed by atoms with Crippen molar-refractivity contribution in [1.82, 2.24) is 14.8 Å². The average molecular weight is 418 g/mol. The molecule has 0 amide bonds. The SMILES string of the molecule is Cc1cc(C)nc(CC(=S)N2CCN(Cc3ccccc3Br)CC2)c1. The molecule has 1 fully saturated rings. The van der Waals surface area contributed by atoms with Crippen molar-refractivity contribution < 1.29 is 0 Å². The Morgan fingerprint density at radius 1 is 1.12 bits per heavy atom. The number of thiocarbonyl (C=S) groups is 1. The van der Waals surface area contributed by atoms with E-state index in [1.807, 2.05) is 6.92 Å². The molecule has 0 bridgehead atoms. The Balaban J connectivity index is 1.53. The first-order valence-corrected chi connectivity index (χ1v) is 9.89. The van der Waals surface area contributed by atoms with Gasteiger partial charge in [-0.15, -0.1) is 0 Å². The zero-order chi connectivity index (χ0) is 17.8. The number of aryl methyl sites for hydroxylation is 2. The highest BCUT2D eigenvalue weighted by Crippen LogP contribution is 2.19. The highest BCUT2D eigenvalue weighted by Gasteiger charge is 2.20. The van der Waals surface area contributed by atoms with Crippen LogP contribution in [0.2, 0.25) is 0 Å². The fourth-order valence-electron chi connectivity index (χ4n) is 3.31. The first-order valence-electron chi connectivity index (χ1n) is 8.69. The lowest BCUT2D eigenvalue weighted by Crippen LogP contribution is -2.48. The molecule has 3 nitrogen and oxygen atoms in total. The maximum atomic E-state index is 5.69. The summed E-state index contributed by atoms with van der Waals surface area (Å²) in [7, 11) is 0. The van der Waals surface area contributed by atoms with Gasteiger partial charge < -0.3 is 4.90 Å². The molecule has 2 heterocycles. The summed E-state index contributed by atoms with van der Waals surface area (Å²) in [6.45, 7) is 9.22. The third-order valence-corrected chi connectivity index (χ3v) is 5.74. The van der Waals surface area contributed by atoms with Crippen LogP contribution < -0.4 is 0 Å². The topological polar surface area (TPSA) is 19.4 Å². The zero-order valence-electron chi connectivity index (χ0n) is 14.8. The van der Waals surface area contributed by atoms with E-state index in [-0.39, 0.29) is 0 Å². The number of benzene rings is 1. The predicted octanol–water partition coefficient (Wildman–Crippen LogP) is 4.15. The summed E-state index contributed by atoms with van der Waals surface area (Å²) in [6, 6.07) is 12.7. The predicted molar refractivity (Wildman–Crippen MR) is 111 cm³/mol. The first kappa shape index (κ1) is 18.5. The van der Waals surface area contributed by atoms with Crippen LogP contribution >= 0.6 is 28.1 Å². The third kappa shape index (κ3) is 5.09. The maximum absolute atomic E-state index is 5.69. The van der Waals surface area contributed by atoms with Crippen LogP contribution in [-0.2, 0) is 13.0 Å². The van der Waals surface area contributed by atoms with Gasteiger partial charge in [-0.25, -0.2) is 0 Å². The Morgan fingerprint density at radius 3 is 2.52 bits per heavy atom. The lowest BCUT2D eigenvalue weighted by Gasteiger charge is -2.36. The Hall–Kier alpha value is -1.30. The lowest BCUT2D eigenvalue weighted by molar-refractivity contribution is 0.175. The molecule has 3 rings (SSSR count). The number of nitrogens with zero attached hydrogens (tertiary/aromatic N) is 3. The van der Waals surface area contributed by atoms with Crippen LogP contribution in [0.5, 0.6) is 0 Å². The summed E-state index contributed by atoms with van der Waals surface area (Å²) in [4.78, 5) is 10.5. The van der Waals surface area contributed by atoms with Crippen molar-refractivity contribution in [3.8, 4) is 0 Å². The van der Waals surface area contributed by atoms with Crippen molar-refractivity contribution in [2.45, 2.75) is 26.8 Å². The zero-order valence-corrected chi connectivity index (χ0v) is 17.2. The van der Waals surface area contributed by atoms with Crippen molar-refractivity contribution in [1.29, 1.82) is 0 Å². The van der Waals surface area contributed by atoms with Gasteiger partial charge in [0, 0.05) is 55.0 Å². The van der Waals surface area contributed by atoms with Crippen molar-refractivity contribution >= 4 is 33.1 Å². The van der Waals surface area contributed by atoms with Gasteiger partial charge in [-0.2, -0.15) is 0 Å². The minimum Gasteiger partial charge on any atom is -0.363 e. The molecular formula is C20H24BrN3S. The quantitative estimate of drug-likeness (QED) is 0.695. The molecule has 25 heavy (non-hydrogen) atoms. The summed E-state index contributed by atoms with van der Waals surface area (Å²) in [5, 5.41) is 0. The van der Waals surface area contributed by atoms with E-state index in [2.05, 4.69) is 74.0 Å². The number of rotatable bonds is 4. The van der Waals surface area contributed by atoms with E-state index in [4.69, 9.17) is 12.2 Å². The molecule has 0 N–H and O–H groups in total. The summed E-state index contributed by atoms with van der Waals surface area (Å²) in [5.74, 6) is 0. The van der Waals surface area contributed by atoms with Gasteiger partial charge in [0.2, 0.25) is 0 Å². The standard InChI is InChI=1S/C20H24BrN3S/c1-15-11-16(2)22-18(12-15)13-20(25)24-9-7-23(8-10-24)14-17-5-3-4-6-19(17)21/h3-6,11-12H,7-10,13-14H2,1-2H3. The second-order valence-corrected chi connectivity index (χ2v) is 8.03. The van der Waals surface area contributed by atoms with Crippen LogP contribution in [0.15, 0.2) is 40.9 Å². The molecule has 0 unspecified atom stereocenters. The van der Waals surface area contributed by atoms with Crippen molar-refractivity contribution in [3.63, 3.8) is 0 Å². The number of hydrogen-bond acceptors (Lipinski definition) is 3. The number of pyridine rings is 1. The maximum Gasteiger partial charge on any atom is 0.0840 e. The van der Waals surface area contributed by atoms with Crippen molar-refractivity contribution in [2.24, 2.45) is 0 Å². The number of hydrogen-bond donors (Lipinski definition) is 0. The smallest absolute Gasteiger partial charge is 0.0840 e. The van der Waals surface area contributed by atoms with Crippen molar-refractivity contribution in [2.75, 3.05) is 26.2 Å². The van der Waals surface area contributed by atoms with E-state index in [9.17, 15) is 0 Å². The monoisotopic (exact) mass is 417 g/mol. The molecule has 1 saturated heterocycles. The molecule has 0 atom stereocenters. The molecule has 0 aliphatic carbocycles. The molecule has 1 aliphatic heterocycles. The van der Waals surface area contributed by atoms with Crippen LogP contribution in [0.1, 0.15) is 22.5 Å². The molecule has 0 radical (unpaired) electrons. The second-order valence-electron chi connectivity index (χ2n) is 6.70. The number of piperazine rings is 1. The van der Waals surface area contributed by atoms with E-state index in [0.29, 0.717) is 0 Å². The van der Waals surface area contributed by atoms with Gasteiger partial charge in [-0.3, -0.25) is 9.88 Å². The summed E-state index contributed by atoms with van der Waals surface area (Å²) >= 11 is 9.33. The summed E-state index contributed by atoms with van der Waals surface area (Å²) in [5.41, 5.74) is 4.75. The van der Waals surface area contributed by atoms with E-state index in [1.54, 1.807) is 0 Å².